The lowest BCUT2D eigenvalue weighted by molar-refractivity contribution is 0.0847. The van der Waals surface area contributed by atoms with E-state index in [1.807, 2.05) is 47.9 Å². The standard InChI is InChI=1S/C22H24ClN3O/c1-16-17(2)26(21-9-4-3-8-20(16)21)22(27)15-24-10-12-25(13-11-24)19-7-5-6-18(23)14-19/h3-9,14H,10-13,15H2,1-2H3. The highest BCUT2D eigenvalue weighted by atomic mass is 35.5. The van der Waals surface area contributed by atoms with Crippen molar-refractivity contribution in [3.8, 4) is 0 Å². The second-order valence-corrected chi connectivity index (χ2v) is 7.64. The Bertz CT molecular complexity index is 986. The van der Waals surface area contributed by atoms with Crippen LogP contribution in [0, 0.1) is 13.8 Å². The molecule has 0 N–H and O–H groups in total. The molecule has 1 fully saturated rings. The van der Waals surface area contributed by atoms with Crippen LogP contribution in [0.1, 0.15) is 16.1 Å². The zero-order valence-electron chi connectivity index (χ0n) is 15.8. The molecule has 3 aromatic rings. The van der Waals surface area contributed by atoms with Crippen LogP contribution < -0.4 is 4.90 Å². The minimum Gasteiger partial charge on any atom is -0.369 e. The fraction of sp³-hybridized carbons (Fsp3) is 0.318. The molecule has 0 radical (unpaired) electrons. The number of benzene rings is 2. The Kier molecular flexibility index (Phi) is 4.94. The minimum absolute atomic E-state index is 0.146. The number of aromatic nitrogens is 1. The number of para-hydroxylation sites is 1. The lowest BCUT2D eigenvalue weighted by Gasteiger charge is -2.35. The van der Waals surface area contributed by atoms with Crippen LogP contribution in [-0.2, 0) is 0 Å². The van der Waals surface area contributed by atoms with E-state index in [1.165, 1.54) is 5.56 Å². The maximum absolute atomic E-state index is 13.0. The van der Waals surface area contributed by atoms with Gasteiger partial charge in [-0.05, 0) is 43.7 Å². The summed E-state index contributed by atoms with van der Waals surface area (Å²) in [5.41, 5.74) is 4.38. The highest BCUT2D eigenvalue weighted by molar-refractivity contribution is 6.30. The van der Waals surface area contributed by atoms with E-state index < -0.39 is 0 Å². The van der Waals surface area contributed by atoms with Gasteiger partial charge in [0, 0.05) is 48.0 Å². The molecule has 1 aliphatic rings. The summed E-state index contributed by atoms with van der Waals surface area (Å²) in [6.07, 6.45) is 0. The molecule has 140 valence electrons. The van der Waals surface area contributed by atoms with Gasteiger partial charge in [0.25, 0.3) is 0 Å². The first kappa shape index (κ1) is 18.1. The maximum atomic E-state index is 13.0. The number of rotatable bonds is 3. The Morgan fingerprint density at radius 1 is 1.00 bits per heavy atom. The van der Waals surface area contributed by atoms with Crippen molar-refractivity contribution in [1.82, 2.24) is 9.47 Å². The van der Waals surface area contributed by atoms with E-state index in [9.17, 15) is 4.79 Å². The van der Waals surface area contributed by atoms with Gasteiger partial charge in [0.15, 0.2) is 0 Å². The van der Waals surface area contributed by atoms with Crippen molar-refractivity contribution in [1.29, 1.82) is 0 Å². The molecule has 5 heteroatoms. The third-order valence-corrected chi connectivity index (χ3v) is 5.82. The summed E-state index contributed by atoms with van der Waals surface area (Å²) in [6.45, 7) is 8.11. The Hall–Kier alpha value is -2.30. The van der Waals surface area contributed by atoms with Gasteiger partial charge in [-0.3, -0.25) is 14.3 Å². The number of nitrogens with zero attached hydrogens (tertiary/aromatic N) is 3. The van der Waals surface area contributed by atoms with Crippen LogP contribution in [0.4, 0.5) is 5.69 Å². The molecule has 0 bridgehead atoms. The summed E-state index contributed by atoms with van der Waals surface area (Å²) >= 11 is 6.11. The molecule has 1 aliphatic heterocycles. The molecule has 2 heterocycles. The second-order valence-electron chi connectivity index (χ2n) is 7.20. The van der Waals surface area contributed by atoms with E-state index in [2.05, 4.69) is 28.9 Å². The van der Waals surface area contributed by atoms with Crippen molar-refractivity contribution in [3.05, 3.63) is 64.8 Å². The van der Waals surface area contributed by atoms with Crippen LogP contribution in [0.3, 0.4) is 0 Å². The van der Waals surface area contributed by atoms with Gasteiger partial charge < -0.3 is 4.90 Å². The molecule has 2 aromatic carbocycles. The molecule has 4 rings (SSSR count). The van der Waals surface area contributed by atoms with Crippen molar-refractivity contribution in [2.24, 2.45) is 0 Å². The summed E-state index contributed by atoms with van der Waals surface area (Å²) in [6, 6.07) is 16.1. The van der Waals surface area contributed by atoms with Crippen LogP contribution in [-0.4, -0.2) is 48.1 Å². The van der Waals surface area contributed by atoms with Gasteiger partial charge in [-0.2, -0.15) is 0 Å². The van der Waals surface area contributed by atoms with E-state index >= 15 is 0 Å². The normalized spacial score (nSPS) is 15.4. The van der Waals surface area contributed by atoms with Crippen LogP contribution in [0.15, 0.2) is 48.5 Å². The number of hydrogen-bond donors (Lipinski definition) is 0. The summed E-state index contributed by atoms with van der Waals surface area (Å²) in [7, 11) is 0. The lowest BCUT2D eigenvalue weighted by atomic mass is 10.2. The fourth-order valence-electron chi connectivity index (χ4n) is 3.95. The van der Waals surface area contributed by atoms with Gasteiger partial charge in [0.05, 0.1) is 12.1 Å². The van der Waals surface area contributed by atoms with Gasteiger partial charge in [-0.15, -0.1) is 0 Å². The van der Waals surface area contributed by atoms with E-state index in [4.69, 9.17) is 11.6 Å². The zero-order valence-corrected chi connectivity index (χ0v) is 16.5. The smallest absolute Gasteiger partial charge is 0.245 e. The largest absolute Gasteiger partial charge is 0.369 e. The monoisotopic (exact) mass is 381 g/mol. The maximum Gasteiger partial charge on any atom is 0.245 e. The van der Waals surface area contributed by atoms with Crippen LogP contribution in [0.2, 0.25) is 5.02 Å². The Balaban J connectivity index is 1.45. The summed E-state index contributed by atoms with van der Waals surface area (Å²) < 4.78 is 1.88. The zero-order chi connectivity index (χ0) is 19.0. The molecule has 1 aromatic heterocycles. The highest BCUT2D eigenvalue weighted by Gasteiger charge is 2.22. The number of hydrogen-bond acceptors (Lipinski definition) is 3. The Morgan fingerprint density at radius 3 is 2.48 bits per heavy atom. The molecule has 27 heavy (non-hydrogen) atoms. The molecule has 0 saturated carbocycles. The topological polar surface area (TPSA) is 28.5 Å². The Morgan fingerprint density at radius 2 is 1.74 bits per heavy atom. The van der Waals surface area contributed by atoms with E-state index in [0.29, 0.717) is 6.54 Å². The quantitative estimate of drug-likeness (QED) is 0.674. The number of anilines is 1. The lowest BCUT2D eigenvalue weighted by Crippen LogP contribution is -2.48. The van der Waals surface area contributed by atoms with E-state index in [0.717, 1.165) is 53.5 Å². The molecule has 0 spiro atoms. The SMILES string of the molecule is Cc1c(C)n(C(=O)CN2CCN(c3cccc(Cl)c3)CC2)c2ccccc12. The van der Waals surface area contributed by atoms with Gasteiger partial charge in [-0.25, -0.2) is 0 Å². The van der Waals surface area contributed by atoms with Gasteiger partial charge in [-0.1, -0.05) is 35.9 Å². The second kappa shape index (κ2) is 7.37. The van der Waals surface area contributed by atoms with Crippen molar-refractivity contribution in [2.45, 2.75) is 13.8 Å². The molecule has 4 nitrogen and oxygen atoms in total. The van der Waals surface area contributed by atoms with E-state index in [1.54, 1.807) is 0 Å². The third kappa shape index (κ3) is 3.47. The molecular weight excluding hydrogens is 358 g/mol. The minimum atomic E-state index is 0.146. The molecule has 0 atom stereocenters. The average molecular weight is 382 g/mol. The average Bonchev–Trinajstić information content (AvgIpc) is 2.93. The molecule has 0 amide bonds. The van der Waals surface area contributed by atoms with Crippen molar-refractivity contribution < 1.29 is 4.79 Å². The van der Waals surface area contributed by atoms with Crippen molar-refractivity contribution in [3.63, 3.8) is 0 Å². The number of fused-ring (bicyclic) bond motifs is 1. The first-order valence-electron chi connectivity index (χ1n) is 9.37. The van der Waals surface area contributed by atoms with Gasteiger partial charge in [0.2, 0.25) is 5.91 Å². The van der Waals surface area contributed by atoms with Crippen LogP contribution in [0.5, 0.6) is 0 Å². The Labute approximate surface area is 164 Å². The van der Waals surface area contributed by atoms with Crippen LogP contribution in [0.25, 0.3) is 10.9 Å². The first-order valence-corrected chi connectivity index (χ1v) is 9.75. The molecule has 1 saturated heterocycles. The van der Waals surface area contributed by atoms with Crippen LogP contribution >= 0.6 is 11.6 Å². The van der Waals surface area contributed by atoms with Crippen molar-refractivity contribution >= 4 is 34.1 Å². The molecular formula is C22H24ClN3O. The predicted molar refractivity (Wildman–Crippen MR) is 112 cm³/mol. The predicted octanol–water partition coefficient (Wildman–Crippen LogP) is 4.37. The van der Waals surface area contributed by atoms with Crippen molar-refractivity contribution in [2.75, 3.05) is 37.6 Å². The first-order chi connectivity index (χ1) is 13.0. The van der Waals surface area contributed by atoms with Gasteiger partial charge >= 0.3 is 0 Å². The number of halogens is 1. The van der Waals surface area contributed by atoms with Gasteiger partial charge in [0.1, 0.15) is 0 Å². The number of piperazine rings is 1. The third-order valence-electron chi connectivity index (χ3n) is 5.58. The highest BCUT2D eigenvalue weighted by Crippen LogP contribution is 2.25. The summed E-state index contributed by atoms with van der Waals surface area (Å²) in [4.78, 5) is 17.6. The fourth-order valence-corrected chi connectivity index (χ4v) is 4.13. The molecule has 0 unspecified atom stereocenters. The number of aryl methyl sites for hydroxylation is 1. The summed E-state index contributed by atoms with van der Waals surface area (Å²) in [5.74, 6) is 0.146. The number of carbonyl (C=O) groups excluding carboxylic acids is 1. The molecule has 0 aliphatic carbocycles. The number of carbonyl (C=O) groups is 1. The summed E-state index contributed by atoms with van der Waals surface area (Å²) in [5, 5.41) is 1.92. The van der Waals surface area contributed by atoms with E-state index in [-0.39, 0.29) is 5.91 Å².